The Morgan fingerprint density at radius 3 is 1.95 bits per heavy atom. The Morgan fingerprint density at radius 2 is 1.55 bits per heavy atom. The van der Waals surface area contributed by atoms with E-state index in [1.54, 1.807) is 0 Å². The smallest absolute Gasteiger partial charge is 0.296 e. The standard InChI is InChI=1S/C8H10I.C6H5FO3S/c1-2-7-3-5-8(9)6-4-7;7-5-1-3-6(4-2-5)11(8,9)10/h3-6,9H,2H2,1H3;1-4H,(H,8,9,10)/q+1;/p-1. The fourth-order valence-corrected chi connectivity index (χ4v) is 2.18. The molecule has 3 nitrogen and oxygen atoms in total. The van der Waals surface area contributed by atoms with Gasteiger partial charge in [0.25, 0.3) is 22.6 Å². The number of aryl methyl sites for hydroxylation is 1. The van der Waals surface area contributed by atoms with Gasteiger partial charge in [-0.05, 0) is 48.4 Å². The molecule has 0 unspecified atom stereocenters. The van der Waals surface area contributed by atoms with E-state index in [-0.39, 0.29) is 0 Å². The third-order valence-corrected chi connectivity index (χ3v) is 4.06. The quantitative estimate of drug-likeness (QED) is 0.495. The van der Waals surface area contributed by atoms with Gasteiger partial charge in [0.05, 0.1) is 4.90 Å². The minimum atomic E-state index is -4.44. The highest BCUT2D eigenvalue weighted by molar-refractivity contribution is 7.85. The van der Waals surface area contributed by atoms with E-state index < -0.39 is 20.8 Å². The fraction of sp³-hybridized carbons (Fsp3) is 0.143. The van der Waals surface area contributed by atoms with E-state index in [2.05, 4.69) is 31.2 Å². The molecule has 0 aromatic heterocycles. The number of hydrogen-bond acceptors (Lipinski definition) is 3. The largest absolute Gasteiger partial charge is 0.744 e. The van der Waals surface area contributed by atoms with E-state index >= 15 is 0 Å². The molecule has 2 rings (SSSR count). The molecule has 0 aliphatic carbocycles. The van der Waals surface area contributed by atoms with E-state index in [4.69, 9.17) is 0 Å². The van der Waals surface area contributed by atoms with E-state index in [1.165, 1.54) is 9.13 Å². The summed E-state index contributed by atoms with van der Waals surface area (Å²) in [5, 5.41) is 0. The van der Waals surface area contributed by atoms with Crippen molar-refractivity contribution >= 4 is 10.1 Å². The molecule has 0 saturated heterocycles. The van der Waals surface area contributed by atoms with Gasteiger partial charge in [0.1, 0.15) is 15.9 Å². The first kappa shape index (κ1) is 17.1. The van der Waals surface area contributed by atoms with Crippen molar-refractivity contribution in [2.24, 2.45) is 0 Å². The van der Waals surface area contributed by atoms with Gasteiger partial charge in [-0.2, -0.15) is 0 Å². The van der Waals surface area contributed by atoms with Gasteiger partial charge < -0.3 is 4.55 Å². The molecule has 0 bridgehead atoms. The summed E-state index contributed by atoms with van der Waals surface area (Å²) in [6.07, 6.45) is 1.14. The van der Waals surface area contributed by atoms with Crippen LogP contribution in [0.1, 0.15) is 12.5 Å². The van der Waals surface area contributed by atoms with Crippen molar-refractivity contribution in [1.29, 1.82) is 0 Å². The van der Waals surface area contributed by atoms with Gasteiger partial charge in [-0.25, -0.2) is 12.8 Å². The molecule has 0 fully saturated rings. The molecular formula is C14H14FIO3S. The highest BCUT2D eigenvalue weighted by Crippen LogP contribution is 2.08. The van der Waals surface area contributed by atoms with Crippen molar-refractivity contribution in [1.82, 2.24) is 0 Å². The summed E-state index contributed by atoms with van der Waals surface area (Å²) in [6.45, 7) is 2.17. The van der Waals surface area contributed by atoms with Gasteiger partial charge in [-0.1, -0.05) is 19.1 Å². The highest BCUT2D eigenvalue weighted by atomic mass is 127. The Hall–Kier alpha value is -0.990. The average molecular weight is 408 g/mol. The van der Waals surface area contributed by atoms with Crippen molar-refractivity contribution in [2.45, 2.75) is 18.2 Å². The van der Waals surface area contributed by atoms with Crippen LogP contribution in [-0.4, -0.2) is 13.0 Å². The Bertz CT molecular complexity index is 637. The summed E-state index contributed by atoms with van der Waals surface area (Å²) in [6, 6.07) is 12.4. The van der Waals surface area contributed by atoms with Crippen molar-refractivity contribution < 1.29 is 40.0 Å². The summed E-state index contributed by atoms with van der Waals surface area (Å²) in [5.74, 6) is -0.572. The van der Waals surface area contributed by atoms with E-state index in [0.717, 1.165) is 30.7 Å². The predicted octanol–water partition coefficient (Wildman–Crippen LogP) is -0.566. The number of halogens is 2. The molecule has 0 N–H and O–H groups in total. The van der Waals surface area contributed by atoms with Gasteiger partial charge in [0.2, 0.25) is 0 Å². The second kappa shape index (κ2) is 7.70. The molecule has 2 aromatic carbocycles. The molecule has 0 heterocycles. The van der Waals surface area contributed by atoms with Crippen molar-refractivity contribution in [3.8, 4) is 0 Å². The molecule has 20 heavy (non-hydrogen) atoms. The molecule has 0 saturated carbocycles. The van der Waals surface area contributed by atoms with E-state index in [1.807, 2.05) is 22.6 Å². The summed E-state index contributed by atoms with van der Waals surface area (Å²) >= 11 is 2.04. The van der Waals surface area contributed by atoms with Gasteiger partial charge in [-0.3, -0.25) is 0 Å². The van der Waals surface area contributed by atoms with E-state index in [9.17, 15) is 17.4 Å². The molecule has 0 aliphatic heterocycles. The molecule has 2 aromatic rings. The van der Waals surface area contributed by atoms with Crippen LogP contribution in [0.5, 0.6) is 0 Å². The van der Waals surface area contributed by atoms with Gasteiger partial charge in [0, 0.05) is 0 Å². The first-order valence-electron chi connectivity index (χ1n) is 5.80. The van der Waals surface area contributed by atoms with Crippen LogP contribution in [0.3, 0.4) is 0 Å². The Balaban J connectivity index is 0.000000204. The Kier molecular flexibility index (Phi) is 6.57. The summed E-state index contributed by atoms with van der Waals surface area (Å²) in [7, 11) is -4.44. The molecule has 0 atom stereocenters. The van der Waals surface area contributed by atoms with Crippen molar-refractivity contribution in [3.63, 3.8) is 0 Å². The molecule has 0 spiro atoms. The number of rotatable bonds is 2. The first-order chi connectivity index (χ1) is 9.32. The molecule has 0 amide bonds. The number of benzene rings is 2. The fourth-order valence-electron chi connectivity index (χ4n) is 1.33. The molecule has 6 heteroatoms. The van der Waals surface area contributed by atoms with Crippen LogP contribution in [0.25, 0.3) is 0 Å². The lowest BCUT2D eigenvalue weighted by molar-refractivity contribution is -0.328. The zero-order valence-electron chi connectivity index (χ0n) is 10.7. The van der Waals surface area contributed by atoms with Crippen LogP contribution in [0.2, 0.25) is 0 Å². The monoisotopic (exact) mass is 408 g/mol. The van der Waals surface area contributed by atoms with Crippen LogP contribution >= 0.6 is 0 Å². The summed E-state index contributed by atoms with van der Waals surface area (Å²) < 4.78 is 44.3. The second-order valence-corrected chi connectivity index (χ2v) is 6.63. The van der Waals surface area contributed by atoms with E-state index in [0.29, 0.717) is 0 Å². The SMILES string of the molecule is CCc1ccc([IH+])cc1.O=S(=O)([O-])c1ccc(F)cc1. The highest BCUT2D eigenvalue weighted by Gasteiger charge is 1.99. The van der Waals surface area contributed by atoms with Crippen LogP contribution in [-0.2, 0) is 16.5 Å². The van der Waals surface area contributed by atoms with Crippen LogP contribution in [0, 0.1) is 9.39 Å². The van der Waals surface area contributed by atoms with Gasteiger partial charge in [0.15, 0.2) is 3.57 Å². The maximum atomic E-state index is 12.2. The second-order valence-electron chi connectivity index (χ2n) is 3.91. The third kappa shape index (κ3) is 5.98. The first-order valence-corrected chi connectivity index (χ1v) is 8.37. The van der Waals surface area contributed by atoms with Crippen LogP contribution in [0.15, 0.2) is 53.4 Å². The molecule has 108 valence electrons. The average Bonchev–Trinajstić information content (AvgIpc) is 2.40. The maximum Gasteiger partial charge on any atom is 0.296 e. The summed E-state index contributed by atoms with van der Waals surface area (Å²) in [4.78, 5) is -0.418. The summed E-state index contributed by atoms with van der Waals surface area (Å²) in [5.41, 5.74) is 1.42. The molecule has 0 radical (unpaired) electrons. The Labute approximate surface area is 131 Å². The van der Waals surface area contributed by atoms with Crippen molar-refractivity contribution in [3.05, 3.63) is 63.5 Å². The Morgan fingerprint density at radius 1 is 1.05 bits per heavy atom. The topological polar surface area (TPSA) is 57.2 Å². The lowest BCUT2D eigenvalue weighted by atomic mass is 10.2. The van der Waals surface area contributed by atoms with Crippen LogP contribution < -0.4 is 22.6 Å². The normalized spacial score (nSPS) is 10.6. The minimum absolute atomic E-state index is 0.418. The number of hydrogen-bond donors (Lipinski definition) is 0. The van der Waals surface area contributed by atoms with Crippen LogP contribution in [0.4, 0.5) is 4.39 Å². The zero-order chi connectivity index (χ0) is 15.2. The lowest BCUT2D eigenvalue weighted by Gasteiger charge is -2.04. The molecule has 0 aliphatic rings. The van der Waals surface area contributed by atoms with Crippen molar-refractivity contribution in [2.75, 3.05) is 0 Å². The maximum absolute atomic E-state index is 12.2. The van der Waals surface area contributed by atoms with Gasteiger partial charge >= 0.3 is 0 Å². The zero-order valence-corrected chi connectivity index (χ0v) is 13.9. The molecular weight excluding hydrogens is 394 g/mol. The minimum Gasteiger partial charge on any atom is -0.744 e. The predicted molar refractivity (Wildman–Crippen MR) is 70.3 cm³/mol. The van der Waals surface area contributed by atoms with Gasteiger partial charge in [-0.15, -0.1) is 0 Å². The third-order valence-electron chi connectivity index (χ3n) is 2.43. The lowest BCUT2D eigenvalue weighted by Crippen LogP contribution is -3.34.